The molecule has 0 N–H and O–H groups in total. The number of hydrogen-bond donors (Lipinski definition) is 0. The summed E-state index contributed by atoms with van der Waals surface area (Å²) in [6.07, 6.45) is 10.1. The smallest absolute Gasteiger partial charge is 0.0479 e. The highest BCUT2D eigenvalue weighted by molar-refractivity contribution is 6.01. The summed E-state index contributed by atoms with van der Waals surface area (Å²) in [5.74, 6) is 5.93. The number of hydrogen-bond acceptors (Lipinski definition) is 1. The summed E-state index contributed by atoms with van der Waals surface area (Å²) >= 11 is 0. The van der Waals surface area contributed by atoms with Gasteiger partial charge < -0.3 is 0 Å². The molecule has 1 aliphatic rings. The maximum atomic E-state index is 4.62. The molecule has 0 saturated heterocycles. The zero-order valence-corrected chi connectivity index (χ0v) is 12.1. The Balaban J connectivity index is 2.26. The van der Waals surface area contributed by atoms with Crippen LogP contribution in [0.2, 0.25) is 0 Å². The van der Waals surface area contributed by atoms with Gasteiger partial charge >= 0.3 is 0 Å². The lowest BCUT2D eigenvalue weighted by Crippen LogP contribution is -2.05. The predicted molar refractivity (Wildman–Crippen MR) is 86.6 cm³/mol. The van der Waals surface area contributed by atoms with Crippen LogP contribution < -0.4 is 0 Å². The van der Waals surface area contributed by atoms with Gasteiger partial charge in [0, 0.05) is 11.9 Å². The molecule has 0 spiro atoms. The van der Waals surface area contributed by atoms with Crippen molar-refractivity contribution in [3.63, 3.8) is 0 Å². The third-order valence-electron chi connectivity index (χ3n) is 3.20. The fourth-order valence-electron chi connectivity index (χ4n) is 2.18. The minimum atomic E-state index is 0.976. The van der Waals surface area contributed by atoms with Crippen molar-refractivity contribution in [2.75, 3.05) is 0 Å². The Hall–Kier alpha value is -2.33. The molecule has 1 heterocycles. The molecule has 0 aromatic heterocycles. The van der Waals surface area contributed by atoms with Gasteiger partial charge in [0.05, 0.1) is 0 Å². The Labute approximate surface area is 121 Å². The van der Waals surface area contributed by atoms with Gasteiger partial charge in [-0.1, -0.05) is 48.4 Å². The van der Waals surface area contributed by atoms with Crippen molar-refractivity contribution in [2.45, 2.75) is 26.7 Å². The highest BCUT2D eigenvalue weighted by Crippen LogP contribution is 2.23. The van der Waals surface area contributed by atoms with Gasteiger partial charge in [-0.2, -0.15) is 0 Å². The molecule has 0 amide bonds. The Kier molecular flexibility index (Phi) is 5.15. The molecule has 20 heavy (non-hydrogen) atoms. The first kappa shape index (κ1) is 14.1. The first-order valence-corrected chi connectivity index (χ1v) is 6.91. The van der Waals surface area contributed by atoms with E-state index in [-0.39, 0.29) is 0 Å². The topological polar surface area (TPSA) is 12.4 Å². The van der Waals surface area contributed by atoms with Gasteiger partial charge in [0.25, 0.3) is 0 Å². The summed E-state index contributed by atoms with van der Waals surface area (Å²) in [5, 5.41) is 0. The second kappa shape index (κ2) is 7.31. The second-order valence-corrected chi connectivity index (χ2v) is 4.59. The van der Waals surface area contributed by atoms with Crippen LogP contribution in [0.25, 0.3) is 0 Å². The van der Waals surface area contributed by atoms with Crippen LogP contribution >= 0.6 is 0 Å². The van der Waals surface area contributed by atoms with Crippen molar-refractivity contribution in [2.24, 2.45) is 4.99 Å². The fourth-order valence-corrected chi connectivity index (χ4v) is 2.18. The van der Waals surface area contributed by atoms with Gasteiger partial charge in [-0.25, -0.2) is 0 Å². The van der Waals surface area contributed by atoms with Crippen LogP contribution in [0.4, 0.5) is 0 Å². The van der Waals surface area contributed by atoms with Crippen LogP contribution in [0, 0.1) is 11.8 Å². The number of aliphatic imine (C=N–C) groups is 1. The maximum Gasteiger partial charge on any atom is 0.0479 e. The van der Waals surface area contributed by atoms with Crippen molar-refractivity contribution in [1.29, 1.82) is 0 Å². The molecule has 1 heteroatoms. The molecule has 0 atom stereocenters. The van der Waals surface area contributed by atoms with E-state index in [9.17, 15) is 0 Å². The van der Waals surface area contributed by atoms with E-state index >= 15 is 0 Å². The van der Waals surface area contributed by atoms with E-state index < -0.39 is 0 Å². The van der Waals surface area contributed by atoms with Crippen molar-refractivity contribution in [3.8, 4) is 11.8 Å². The minimum absolute atomic E-state index is 0.976. The fraction of sp³-hybridized carbons (Fsp3) is 0.211. The molecule has 0 aliphatic carbocycles. The van der Waals surface area contributed by atoms with Crippen LogP contribution in [0.5, 0.6) is 0 Å². The van der Waals surface area contributed by atoms with Gasteiger partial charge in [-0.05, 0) is 49.5 Å². The predicted octanol–water partition coefficient (Wildman–Crippen LogP) is 4.68. The van der Waals surface area contributed by atoms with Gasteiger partial charge in [0.1, 0.15) is 0 Å². The number of allylic oxidation sites excluding steroid dienone is 5. The van der Waals surface area contributed by atoms with Gasteiger partial charge in [-0.3, -0.25) is 4.99 Å². The SMILES string of the molecule is CC#C/C=C(\C=C/C)C1=CN=C(c2ccccc2)CC1. The lowest BCUT2D eigenvalue weighted by Gasteiger charge is -2.14. The van der Waals surface area contributed by atoms with Crippen molar-refractivity contribution >= 4 is 5.71 Å². The highest BCUT2D eigenvalue weighted by Gasteiger charge is 2.11. The van der Waals surface area contributed by atoms with Crippen molar-refractivity contribution in [1.82, 2.24) is 0 Å². The molecular weight excluding hydrogens is 242 g/mol. The Bertz CT molecular complexity index is 631. The van der Waals surface area contributed by atoms with Gasteiger partial charge in [0.2, 0.25) is 0 Å². The largest absolute Gasteiger partial charge is 0.260 e. The molecule has 1 nitrogen and oxygen atoms in total. The third-order valence-corrected chi connectivity index (χ3v) is 3.20. The maximum absolute atomic E-state index is 4.62. The van der Waals surface area contributed by atoms with E-state index in [2.05, 4.69) is 47.2 Å². The molecular formula is C19H19N. The van der Waals surface area contributed by atoms with E-state index in [1.54, 1.807) is 0 Å². The summed E-state index contributed by atoms with van der Waals surface area (Å²) in [5.41, 5.74) is 4.80. The summed E-state index contributed by atoms with van der Waals surface area (Å²) in [6.45, 7) is 3.87. The number of benzene rings is 1. The van der Waals surface area contributed by atoms with E-state index in [1.807, 2.05) is 38.3 Å². The van der Waals surface area contributed by atoms with E-state index in [0.29, 0.717) is 0 Å². The molecule has 100 valence electrons. The Morgan fingerprint density at radius 2 is 2.00 bits per heavy atom. The third kappa shape index (κ3) is 3.59. The van der Waals surface area contributed by atoms with Gasteiger partial charge in [-0.15, -0.1) is 5.92 Å². The Morgan fingerprint density at radius 1 is 1.20 bits per heavy atom. The molecule has 1 aromatic rings. The summed E-state index contributed by atoms with van der Waals surface area (Å²) in [4.78, 5) is 4.62. The first-order valence-electron chi connectivity index (χ1n) is 6.91. The number of rotatable bonds is 3. The lowest BCUT2D eigenvalue weighted by molar-refractivity contribution is 0.994. The van der Waals surface area contributed by atoms with Crippen LogP contribution in [0.3, 0.4) is 0 Å². The molecule has 0 unspecified atom stereocenters. The molecule has 2 rings (SSSR count). The van der Waals surface area contributed by atoms with E-state index in [0.717, 1.165) is 24.1 Å². The molecule has 0 bridgehead atoms. The highest BCUT2D eigenvalue weighted by atomic mass is 14.7. The molecule has 0 fully saturated rings. The normalized spacial score (nSPS) is 15.4. The van der Waals surface area contributed by atoms with Crippen LogP contribution in [0.1, 0.15) is 32.3 Å². The molecule has 1 aliphatic heterocycles. The van der Waals surface area contributed by atoms with Crippen LogP contribution in [0.15, 0.2) is 70.9 Å². The quantitative estimate of drug-likeness (QED) is 0.553. The van der Waals surface area contributed by atoms with Crippen LogP contribution in [-0.4, -0.2) is 5.71 Å². The standard InChI is InChI=1S/C19H19N/c1-3-5-10-16(9-4-2)18-13-14-19(20-15-18)17-11-7-6-8-12-17/h4,6-12,15H,13-14H2,1-2H3/b9-4-,16-10+. The lowest BCUT2D eigenvalue weighted by atomic mass is 9.95. The zero-order valence-electron chi connectivity index (χ0n) is 12.1. The molecule has 1 aromatic carbocycles. The minimum Gasteiger partial charge on any atom is -0.260 e. The van der Waals surface area contributed by atoms with Crippen molar-refractivity contribution in [3.05, 3.63) is 71.5 Å². The van der Waals surface area contributed by atoms with Crippen LogP contribution in [-0.2, 0) is 0 Å². The summed E-state index contributed by atoms with van der Waals surface area (Å²) in [7, 11) is 0. The average molecular weight is 261 g/mol. The van der Waals surface area contributed by atoms with E-state index in [1.165, 1.54) is 11.1 Å². The summed E-state index contributed by atoms with van der Waals surface area (Å²) in [6, 6.07) is 10.4. The van der Waals surface area contributed by atoms with Crippen molar-refractivity contribution < 1.29 is 0 Å². The number of nitrogens with zero attached hydrogens (tertiary/aromatic N) is 1. The molecule has 0 saturated carbocycles. The average Bonchev–Trinajstić information content (AvgIpc) is 2.52. The second-order valence-electron chi connectivity index (χ2n) is 4.59. The van der Waals surface area contributed by atoms with E-state index in [4.69, 9.17) is 0 Å². The zero-order chi connectivity index (χ0) is 14.2. The Morgan fingerprint density at radius 3 is 2.60 bits per heavy atom. The molecule has 0 radical (unpaired) electrons. The first-order chi connectivity index (χ1) is 9.85. The van der Waals surface area contributed by atoms with Gasteiger partial charge in [0.15, 0.2) is 0 Å². The summed E-state index contributed by atoms with van der Waals surface area (Å²) < 4.78 is 0. The monoisotopic (exact) mass is 261 g/mol.